The summed E-state index contributed by atoms with van der Waals surface area (Å²) in [5.41, 5.74) is 7.07. The largest absolute Gasteiger partial charge is 0.384 e. The molecule has 1 heterocycles. The normalized spacial score (nSPS) is 39.7. The van der Waals surface area contributed by atoms with Crippen LogP contribution in [0.2, 0.25) is 0 Å². The number of rotatable bonds is 1. The van der Waals surface area contributed by atoms with Gasteiger partial charge in [-0.25, -0.2) is 4.68 Å². The number of nitrogen functional groups attached to an aromatic ring is 2. The first-order valence-corrected chi connectivity index (χ1v) is 7.34. The smallest absolute Gasteiger partial charge is 0.270 e. The summed E-state index contributed by atoms with van der Waals surface area (Å²) in [6.07, 6.45) is 7.94. The Bertz CT molecular complexity index is 554. The van der Waals surface area contributed by atoms with Gasteiger partial charge < -0.3 is 11.6 Å². The second-order valence-corrected chi connectivity index (χ2v) is 7.08. The third-order valence-electron chi connectivity index (χ3n) is 5.75. The minimum Gasteiger partial charge on any atom is -0.384 e. The molecule has 4 heteroatoms. The Morgan fingerprint density at radius 2 is 1.58 bits per heavy atom. The zero-order valence-electron chi connectivity index (χ0n) is 11.1. The predicted molar refractivity (Wildman–Crippen MR) is 75.1 cm³/mol. The molecule has 0 saturated heterocycles. The number of pyridine rings is 1. The highest BCUT2D eigenvalue weighted by atomic mass is 16.1. The van der Waals surface area contributed by atoms with Crippen LogP contribution in [0.5, 0.6) is 0 Å². The van der Waals surface area contributed by atoms with Crippen LogP contribution in [0.4, 0.5) is 5.82 Å². The van der Waals surface area contributed by atoms with E-state index in [-0.39, 0.29) is 11.0 Å². The summed E-state index contributed by atoms with van der Waals surface area (Å²) in [6, 6.07) is 3.66. The van der Waals surface area contributed by atoms with Crippen LogP contribution >= 0.6 is 0 Å². The van der Waals surface area contributed by atoms with Gasteiger partial charge in [-0.1, -0.05) is 0 Å². The SMILES string of the molecule is Nc1cc(C23CC4CC(CC(C4)C2)C3)cc(=O)n1N. The summed E-state index contributed by atoms with van der Waals surface area (Å²) in [4.78, 5) is 11.9. The molecular weight excluding hydrogens is 238 g/mol. The quantitative estimate of drug-likeness (QED) is 0.752. The fraction of sp³-hybridized carbons (Fsp3) is 0.667. The number of nitrogens with two attached hydrogens (primary N) is 2. The molecule has 1 aromatic heterocycles. The maximum Gasteiger partial charge on any atom is 0.270 e. The Kier molecular flexibility index (Phi) is 2.13. The van der Waals surface area contributed by atoms with Crippen LogP contribution in [0.3, 0.4) is 0 Å². The van der Waals surface area contributed by atoms with Crippen molar-refractivity contribution in [1.82, 2.24) is 4.68 Å². The van der Waals surface area contributed by atoms with Crippen molar-refractivity contribution in [2.24, 2.45) is 17.8 Å². The molecule has 5 rings (SSSR count). The number of nitrogens with zero attached hydrogens (tertiary/aromatic N) is 1. The minimum atomic E-state index is -0.175. The van der Waals surface area contributed by atoms with Gasteiger partial charge in [-0.15, -0.1) is 0 Å². The standard InChI is InChI=1S/C15H21N3O/c16-13-4-12(5-14(19)18(13)17)15-6-9-1-10(7-15)3-11(2-9)8-15/h4-5,9-11H,1-3,6-8,16-17H2. The maximum absolute atomic E-state index is 11.9. The summed E-state index contributed by atoms with van der Waals surface area (Å²) in [6.45, 7) is 0. The highest BCUT2D eigenvalue weighted by Gasteiger charge is 2.51. The molecule has 4 bridgehead atoms. The van der Waals surface area contributed by atoms with Crippen molar-refractivity contribution in [3.05, 3.63) is 28.0 Å². The third kappa shape index (κ3) is 1.55. The Hall–Kier alpha value is -1.45. The summed E-state index contributed by atoms with van der Waals surface area (Å²) < 4.78 is 1.05. The van der Waals surface area contributed by atoms with E-state index in [0.29, 0.717) is 5.82 Å². The van der Waals surface area contributed by atoms with Gasteiger partial charge >= 0.3 is 0 Å². The fourth-order valence-corrected chi connectivity index (χ4v) is 5.37. The Morgan fingerprint density at radius 1 is 1.05 bits per heavy atom. The van der Waals surface area contributed by atoms with E-state index in [9.17, 15) is 4.79 Å². The minimum absolute atomic E-state index is 0.175. The van der Waals surface area contributed by atoms with Gasteiger partial charge in [0.2, 0.25) is 0 Å². The van der Waals surface area contributed by atoms with Crippen LogP contribution in [0.1, 0.15) is 44.1 Å². The van der Waals surface area contributed by atoms with E-state index in [0.717, 1.165) is 28.0 Å². The summed E-state index contributed by atoms with van der Waals surface area (Å²) in [7, 11) is 0. The molecule has 4 aliphatic rings. The van der Waals surface area contributed by atoms with E-state index in [1.165, 1.54) is 38.5 Å². The molecule has 0 radical (unpaired) electrons. The van der Waals surface area contributed by atoms with E-state index in [1.807, 2.05) is 6.07 Å². The van der Waals surface area contributed by atoms with Crippen LogP contribution < -0.4 is 17.1 Å². The lowest BCUT2D eigenvalue weighted by molar-refractivity contribution is -0.00525. The molecule has 4 N–H and O–H groups in total. The van der Waals surface area contributed by atoms with Crippen LogP contribution in [0, 0.1) is 17.8 Å². The van der Waals surface area contributed by atoms with Gasteiger partial charge in [0, 0.05) is 6.07 Å². The number of hydrogen-bond donors (Lipinski definition) is 2. The molecule has 4 fully saturated rings. The third-order valence-corrected chi connectivity index (χ3v) is 5.75. The zero-order chi connectivity index (χ0) is 13.2. The van der Waals surface area contributed by atoms with Crippen molar-refractivity contribution in [2.75, 3.05) is 11.6 Å². The lowest BCUT2D eigenvalue weighted by atomic mass is 9.48. The van der Waals surface area contributed by atoms with Crippen molar-refractivity contribution in [1.29, 1.82) is 0 Å². The second-order valence-electron chi connectivity index (χ2n) is 7.08. The number of anilines is 1. The van der Waals surface area contributed by atoms with E-state index in [4.69, 9.17) is 11.6 Å². The van der Waals surface area contributed by atoms with Crippen LogP contribution in [-0.2, 0) is 5.41 Å². The highest BCUT2D eigenvalue weighted by molar-refractivity contribution is 5.39. The summed E-state index contributed by atoms with van der Waals surface area (Å²) >= 11 is 0. The van der Waals surface area contributed by atoms with Crippen LogP contribution in [0.25, 0.3) is 0 Å². The Balaban J connectivity index is 1.82. The van der Waals surface area contributed by atoms with Crippen molar-refractivity contribution in [3.8, 4) is 0 Å². The Labute approximate surface area is 112 Å². The van der Waals surface area contributed by atoms with Crippen molar-refractivity contribution in [3.63, 3.8) is 0 Å². The lowest BCUT2D eigenvalue weighted by Gasteiger charge is -2.57. The first-order valence-electron chi connectivity index (χ1n) is 7.34. The highest BCUT2D eigenvalue weighted by Crippen LogP contribution is 2.60. The van der Waals surface area contributed by atoms with Gasteiger partial charge in [0.25, 0.3) is 5.56 Å². The molecule has 102 valence electrons. The molecule has 0 unspecified atom stereocenters. The van der Waals surface area contributed by atoms with Gasteiger partial charge in [-0.3, -0.25) is 4.79 Å². The number of hydrogen-bond acceptors (Lipinski definition) is 3. The van der Waals surface area contributed by atoms with E-state index in [1.54, 1.807) is 6.07 Å². The summed E-state index contributed by atoms with van der Waals surface area (Å²) in [5.74, 6) is 8.61. The van der Waals surface area contributed by atoms with Gasteiger partial charge in [-0.05, 0) is 73.3 Å². The van der Waals surface area contributed by atoms with Gasteiger partial charge in [0.15, 0.2) is 0 Å². The topological polar surface area (TPSA) is 74.0 Å². The first-order chi connectivity index (χ1) is 9.06. The average Bonchev–Trinajstić information content (AvgIpc) is 2.33. The average molecular weight is 259 g/mol. The Morgan fingerprint density at radius 3 is 2.05 bits per heavy atom. The van der Waals surface area contributed by atoms with Gasteiger partial charge in [0.05, 0.1) is 0 Å². The van der Waals surface area contributed by atoms with Crippen molar-refractivity contribution >= 4 is 5.82 Å². The molecule has 0 aliphatic heterocycles. The van der Waals surface area contributed by atoms with Gasteiger partial charge in [-0.2, -0.15) is 0 Å². The van der Waals surface area contributed by atoms with E-state index in [2.05, 4.69) is 0 Å². The fourth-order valence-electron chi connectivity index (χ4n) is 5.37. The zero-order valence-corrected chi connectivity index (χ0v) is 11.1. The lowest BCUT2D eigenvalue weighted by Crippen LogP contribution is -2.49. The molecular formula is C15H21N3O. The van der Waals surface area contributed by atoms with Crippen LogP contribution in [0.15, 0.2) is 16.9 Å². The van der Waals surface area contributed by atoms with E-state index >= 15 is 0 Å². The molecule has 4 nitrogen and oxygen atoms in total. The molecule has 0 amide bonds. The molecule has 1 aromatic rings. The first kappa shape index (κ1) is 11.4. The summed E-state index contributed by atoms with van der Waals surface area (Å²) in [5, 5.41) is 0. The molecule has 19 heavy (non-hydrogen) atoms. The monoisotopic (exact) mass is 259 g/mol. The van der Waals surface area contributed by atoms with Crippen molar-refractivity contribution in [2.45, 2.75) is 43.9 Å². The molecule has 0 aromatic carbocycles. The van der Waals surface area contributed by atoms with Gasteiger partial charge in [0.1, 0.15) is 5.82 Å². The molecule has 0 spiro atoms. The molecule has 4 aliphatic carbocycles. The molecule has 4 saturated carbocycles. The second kappa shape index (κ2) is 3.56. The van der Waals surface area contributed by atoms with E-state index < -0.39 is 0 Å². The predicted octanol–water partition coefficient (Wildman–Crippen LogP) is 1.61. The maximum atomic E-state index is 11.9. The molecule has 0 atom stereocenters. The van der Waals surface area contributed by atoms with Crippen LogP contribution in [-0.4, -0.2) is 4.68 Å². The van der Waals surface area contributed by atoms with Crippen molar-refractivity contribution < 1.29 is 0 Å². The number of aromatic nitrogens is 1.